The van der Waals surface area contributed by atoms with Crippen molar-refractivity contribution in [2.24, 2.45) is 5.41 Å². The number of hydrogen-bond acceptors (Lipinski definition) is 3. The minimum Gasteiger partial charge on any atom is -0.481 e. The minimum absolute atomic E-state index is 0.0769. The second-order valence-electron chi connectivity index (χ2n) is 5.17. The second-order valence-corrected chi connectivity index (χ2v) is 5.17. The highest BCUT2D eigenvalue weighted by Gasteiger charge is 2.64. The van der Waals surface area contributed by atoms with Crippen molar-refractivity contribution >= 4 is 5.97 Å². The normalized spacial score (nSPS) is 38.2. The van der Waals surface area contributed by atoms with E-state index in [4.69, 9.17) is 5.11 Å². The topological polar surface area (TPSA) is 60.8 Å². The van der Waals surface area contributed by atoms with Crippen LogP contribution >= 0.6 is 0 Å². The number of carboxylic acid groups (broad SMARTS) is 1. The first-order valence-electron chi connectivity index (χ1n) is 6.00. The molecule has 7 heteroatoms. The third-order valence-corrected chi connectivity index (χ3v) is 4.16. The van der Waals surface area contributed by atoms with Gasteiger partial charge in [0.2, 0.25) is 0 Å². The van der Waals surface area contributed by atoms with Crippen molar-refractivity contribution in [1.29, 1.82) is 0 Å². The zero-order chi connectivity index (χ0) is 13.6. The van der Waals surface area contributed by atoms with E-state index in [0.29, 0.717) is 12.8 Å². The zero-order valence-electron chi connectivity index (χ0n) is 9.78. The van der Waals surface area contributed by atoms with E-state index in [9.17, 15) is 23.1 Å². The van der Waals surface area contributed by atoms with Crippen LogP contribution in [0.4, 0.5) is 13.2 Å². The molecule has 2 aliphatic rings. The van der Waals surface area contributed by atoms with Crippen LogP contribution in [0.3, 0.4) is 0 Å². The maximum absolute atomic E-state index is 13.0. The lowest BCUT2D eigenvalue weighted by Crippen LogP contribution is -2.49. The summed E-state index contributed by atoms with van der Waals surface area (Å²) >= 11 is 0. The molecular formula is C11H16F3NO3. The summed E-state index contributed by atoms with van der Waals surface area (Å²) in [5, 5.41) is 18.6. The van der Waals surface area contributed by atoms with E-state index in [0.717, 1.165) is 6.42 Å². The summed E-state index contributed by atoms with van der Waals surface area (Å²) in [5.41, 5.74) is -2.67. The Bertz CT molecular complexity index is 347. The van der Waals surface area contributed by atoms with E-state index >= 15 is 0 Å². The van der Waals surface area contributed by atoms with Gasteiger partial charge in [-0.2, -0.15) is 13.2 Å². The van der Waals surface area contributed by atoms with Crippen LogP contribution in [0.5, 0.6) is 0 Å². The molecular weight excluding hydrogens is 251 g/mol. The van der Waals surface area contributed by atoms with Crippen LogP contribution in [-0.4, -0.2) is 52.5 Å². The molecule has 1 aliphatic carbocycles. The van der Waals surface area contributed by atoms with E-state index in [1.54, 1.807) is 0 Å². The molecule has 0 aromatic heterocycles. The molecule has 4 nitrogen and oxygen atoms in total. The van der Waals surface area contributed by atoms with Gasteiger partial charge in [0, 0.05) is 19.1 Å². The smallest absolute Gasteiger partial charge is 0.406 e. The lowest BCUT2D eigenvalue weighted by molar-refractivity contribution is -0.228. The van der Waals surface area contributed by atoms with Gasteiger partial charge in [-0.25, -0.2) is 0 Å². The first-order valence-corrected chi connectivity index (χ1v) is 6.00. The Morgan fingerprint density at radius 3 is 2.39 bits per heavy atom. The molecule has 0 bridgehead atoms. The van der Waals surface area contributed by atoms with Crippen LogP contribution in [0.25, 0.3) is 0 Å². The molecule has 1 saturated heterocycles. The number of nitrogens with zero attached hydrogens (tertiary/aromatic N) is 1. The standard InChI is InChI=1S/C11H16F3NO3/c12-11(13,14)10(9(17)18)4-5-15(6-10)7-2-1-3-8(7)16/h7-8,16H,1-6H2,(H,17,18). The second kappa shape index (κ2) is 4.38. The molecule has 1 aliphatic heterocycles. The molecule has 2 fully saturated rings. The van der Waals surface area contributed by atoms with Crippen molar-refractivity contribution < 1.29 is 28.2 Å². The van der Waals surface area contributed by atoms with Gasteiger partial charge < -0.3 is 10.2 Å². The molecule has 18 heavy (non-hydrogen) atoms. The Balaban J connectivity index is 2.16. The van der Waals surface area contributed by atoms with Crippen molar-refractivity contribution in [2.45, 2.75) is 44.0 Å². The zero-order valence-corrected chi connectivity index (χ0v) is 9.78. The van der Waals surface area contributed by atoms with E-state index in [-0.39, 0.29) is 12.6 Å². The lowest BCUT2D eigenvalue weighted by Gasteiger charge is -2.30. The number of halogens is 3. The average molecular weight is 267 g/mol. The quantitative estimate of drug-likeness (QED) is 0.790. The highest BCUT2D eigenvalue weighted by molar-refractivity contribution is 5.76. The largest absolute Gasteiger partial charge is 0.481 e. The molecule has 1 heterocycles. The van der Waals surface area contributed by atoms with Crippen LogP contribution in [0.2, 0.25) is 0 Å². The van der Waals surface area contributed by atoms with Gasteiger partial charge in [-0.3, -0.25) is 9.69 Å². The summed E-state index contributed by atoms with van der Waals surface area (Å²) in [6, 6.07) is -0.325. The molecule has 104 valence electrons. The molecule has 3 atom stereocenters. The number of likely N-dealkylation sites (tertiary alicyclic amines) is 1. The highest BCUT2D eigenvalue weighted by atomic mass is 19.4. The van der Waals surface area contributed by atoms with Crippen LogP contribution < -0.4 is 0 Å². The number of aliphatic hydroxyl groups excluding tert-OH is 1. The lowest BCUT2D eigenvalue weighted by atomic mass is 9.86. The molecule has 0 aromatic carbocycles. The Labute approximate surface area is 102 Å². The van der Waals surface area contributed by atoms with E-state index in [1.807, 2.05) is 0 Å². The fraction of sp³-hybridized carbons (Fsp3) is 0.909. The molecule has 0 radical (unpaired) electrons. The Hall–Kier alpha value is -0.820. The molecule has 0 spiro atoms. The number of hydrogen-bond donors (Lipinski definition) is 2. The maximum atomic E-state index is 13.0. The van der Waals surface area contributed by atoms with Crippen molar-refractivity contribution in [3.63, 3.8) is 0 Å². The monoisotopic (exact) mass is 267 g/mol. The van der Waals surface area contributed by atoms with Crippen LogP contribution in [0.1, 0.15) is 25.7 Å². The van der Waals surface area contributed by atoms with Crippen LogP contribution in [0.15, 0.2) is 0 Å². The molecule has 1 saturated carbocycles. The van der Waals surface area contributed by atoms with Crippen molar-refractivity contribution in [1.82, 2.24) is 4.90 Å². The summed E-state index contributed by atoms with van der Waals surface area (Å²) in [5.74, 6) is -1.81. The molecule has 2 rings (SSSR count). The van der Waals surface area contributed by atoms with Crippen molar-refractivity contribution in [3.05, 3.63) is 0 Å². The molecule has 3 unspecified atom stereocenters. The average Bonchev–Trinajstić information content (AvgIpc) is 2.82. The van der Waals surface area contributed by atoms with Gasteiger partial charge in [0.15, 0.2) is 5.41 Å². The number of carboxylic acids is 1. The first-order chi connectivity index (χ1) is 8.28. The van der Waals surface area contributed by atoms with Gasteiger partial charge >= 0.3 is 12.1 Å². The van der Waals surface area contributed by atoms with Gasteiger partial charge in [-0.1, -0.05) is 0 Å². The van der Waals surface area contributed by atoms with E-state index < -0.39 is 36.6 Å². The third-order valence-electron chi connectivity index (χ3n) is 4.16. The Morgan fingerprint density at radius 1 is 1.33 bits per heavy atom. The first kappa shape index (κ1) is 13.6. The Morgan fingerprint density at radius 2 is 2.00 bits per heavy atom. The molecule has 0 aromatic rings. The van der Waals surface area contributed by atoms with Crippen LogP contribution in [-0.2, 0) is 4.79 Å². The number of aliphatic hydroxyl groups is 1. The van der Waals surface area contributed by atoms with Crippen molar-refractivity contribution in [3.8, 4) is 0 Å². The summed E-state index contributed by atoms with van der Waals surface area (Å²) in [4.78, 5) is 12.5. The van der Waals surface area contributed by atoms with E-state index in [1.165, 1.54) is 4.90 Å². The predicted molar refractivity (Wildman–Crippen MR) is 56.0 cm³/mol. The van der Waals surface area contributed by atoms with Gasteiger partial charge in [-0.05, 0) is 25.7 Å². The predicted octanol–water partition coefficient (Wildman–Crippen LogP) is 1.24. The molecule has 0 amide bonds. The van der Waals surface area contributed by atoms with Gasteiger partial charge in [0.25, 0.3) is 0 Å². The summed E-state index contributed by atoms with van der Waals surface area (Å²) in [6.45, 7) is -0.471. The Kier molecular flexibility index (Phi) is 3.31. The van der Waals surface area contributed by atoms with Crippen molar-refractivity contribution in [2.75, 3.05) is 13.1 Å². The summed E-state index contributed by atoms with van der Waals surface area (Å²) in [6.07, 6.45) is -3.84. The highest BCUT2D eigenvalue weighted by Crippen LogP contribution is 2.47. The fourth-order valence-corrected chi connectivity index (χ4v) is 3.00. The number of aliphatic carboxylic acids is 1. The number of carbonyl (C=O) groups is 1. The maximum Gasteiger partial charge on any atom is 0.406 e. The third kappa shape index (κ3) is 1.99. The van der Waals surface area contributed by atoms with Gasteiger partial charge in [0.1, 0.15) is 0 Å². The van der Waals surface area contributed by atoms with Gasteiger partial charge in [-0.15, -0.1) is 0 Å². The minimum atomic E-state index is -4.75. The fourth-order valence-electron chi connectivity index (χ4n) is 3.00. The molecule has 2 N–H and O–H groups in total. The summed E-state index contributed by atoms with van der Waals surface area (Å²) in [7, 11) is 0. The number of rotatable bonds is 2. The summed E-state index contributed by atoms with van der Waals surface area (Å²) < 4.78 is 38.9. The number of alkyl halides is 3. The van der Waals surface area contributed by atoms with Gasteiger partial charge in [0.05, 0.1) is 6.10 Å². The van der Waals surface area contributed by atoms with Crippen LogP contribution in [0, 0.1) is 5.41 Å². The SMILES string of the molecule is O=C(O)C1(C(F)(F)F)CCN(C2CCCC2O)C1. The van der Waals surface area contributed by atoms with E-state index in [2.05, 4.69) is 0 Å².